The van der Waals surface area contributed by atoms with Crippen LogP contribution in [0, 0.1) is 0 Å². The van der Waals surface area contributed by atoms with Gasteiger partial charge in [-0.25, -0.2) is 9.59 Å². The van der Waals surface area contributed by atoms with Gasteiger partial charge in [-0.2, -0.15) is 0 Å². The Morgan fingerprint density at radius 3 is 2.06 bits per heavy atom. The minimum absolute atomic E-state index is 0. The zero-order chi connectivity index (χ0) is 23.6. The first-order valence-electron chi connectivity index (χ1n) is 10.5. The van der Waals surface area contributed by atoms with Crippen LogP contribution in [0.15, 0.2) is 84.4 Å². The van der Waals surface area contributed by atoms with E-state index in [0.29, 0.717) is 17.9 Å². The van der Waals surface area contributed by atoms with Crippen molar-refractivity contribution in [3.05, 3.63) is 101 Å². The summed E-state index contributed by atoms with van der Waals surface area (Å²) in [6.45, 7) is 2.18. The van der Waals surface area contributed by atoms with Crippen LogP contribution in [0.1, 0.15) is 26.5 Å². The molecule has 0 amide bonds. The standard InChI is InChI=1S/C27H26O6.2Na.2H/c1-19(16-20-8-12-23(13-9-20)32-18-22-6-4-3-5-7-22)27(30)33-24-14-10-21(11-15-24)17-25(31-2)26(28)29;;;;/h3-16,25H,17-18H2,1-2H3,(H,28,29);;;;/q;2*+1;2*-1. The fraction of sp³-hybridized carbons (Fsp3) is 0.185. The molecule has 3 aromatic carbocycles. The van der Waals surface area contributed by atoms with Crippen LogP contribution in [0.4, 0.5) is 0 Å². The van der Waals surface area contributed by atoms with E-state index in [1.54, 1.807) is 37.3 Å². The Hall–Kier alpha value is -1.90. The van der Waals surface area contributed by atoms with Gasteiger partial charge in [0.15, 0.2) is 6.10 Å². The number of ether oxygens (including phenoxy) is 3. The zero-order valence-electron chi connectivity index (χ0n) is 22.6. The summed E-state index contributed by atoms with van der Waals surface area (Å²) >= 11 is 0. The number of rotatable bonds is 10. The van der Waals surface area contributed by atoms with E-state index in [9.17, 15) is 9.59 Å². The first-order valence-corrected chi connectivity index (χ1v) is 10.5. The SMILES string of the molecule is COC(Cc1ccc(OC(=O)C(C)=Cc2ccc(OCc3ccccc3)cc2)cc1)C(=O)O.[H-].[H-].[Na+].[Na+]. The maximum absolute atomic E-state index is 12.4. The Kier molecular flexibility index (Phi) is 14.2. The predicted molar refractivity (Wildman–Crippen MR) is 127 cm³/mol. The second kappa shape index (κ2) is 16.0. The number of benzene rings is 3. The molecule has 3 rings (SSSR count). The summed E-state index contributed by atoms with van der Waals surface area (Å²) in [5.41, 5.74) is 3.16. The number of hydrogen-bond acceptors (Lipinski definition) is 5. The minimum Gasteiger partial charge on any atom is -1.00 e. The number of carbonyl (C=O) groups is 2. The summed E-state index contributed by atoms with van der Waals surface area (Å²) in [5, 5.41) is 9.07. The summed E-state index contributed by atoms with van der Waals surface area (Å²) in [6.07, 6.45) is 1.05. The normalized spacial score (nSPS) is 11.4. The van der Waals surface area contributed by atoms with E-state index in [1.807, 2.05) is 54.6 Å². The van der Waals surface area contributed by atoms with Gasteiger partial charge in [0.05, 0.1) is 0 Å². The van der Waals surface area contributed by atoms with Crippen LogP contribution in [0.2, 0.25) is 0 Å². The molecule has 8 heteroatoms. The van der Waals surface area contributed by atoms with Crippen molar-refractivity contribution in [1.29, 1.82) is 0 Å². The molecule has 174 valence electrons. The Bertz CT molecular complexity index is 1110. The van der Waals surface area contributed by atoms with Crippen LogP contribution < -0.4 is 68.6 Å². The van der Waals surface area contributed by atoms with Gasteiger partial charge < -0.3 is 22.2 Å². The van der Waals surface area contributed by atoms with Gasteiger partial charge in [-0.3, -0.25) is 0 Å². The number of carboxylic acid groups (broad SMARTS) is 1. The van der Waals surface area contributed by atoms with Gasteiger partial charge in [0.2, 0.25) is 0 Å². The monoisotopic (exact) mass is 494 g/mol. The van der Waals surface area contributed by atoms with Gasteiger partial charge in [0.1, 0.15) is 18.1 Å². The van der Waals surface area contributed by atoms with Gasteiger partial charge in [0, 0.05) is 19.1 Å². The third kappa shape index (κ3) is 10.3. The Morgan fingerprint density at radius 2 is 1.49 bits per heavy atom. The Balaban J connectivity index is 0. The molecule has 0 aromatic heterocycles. The van der Waals surface area contributed by atoms with E-state index in [-0.39, 0.29) is 68.4 Å². The Labute approximate surface area is 252 Å². The summed E-state index contributed by atoms with van der Waals surface area (Å²) in [4.78, 5) is 23.5. The maximum atomic E-state index is 12.4. The van der Waals surface area contributed by atoms with Crippen molar-refractivity contribution in [2.45, 2.75) is 26.1 Å². The van der Waals surface area contributed by atoms with Crippen molar-refractivity contribution in [2.75, 3.05) is 7.11 Å². The van der Waals surface area contributed by atoms with Gasteiger partial charge >= 0.3 is 71.1 Å². The van der Waals surface area contributed by atoms with Crippen molar-refractivity contribution in [1.82, 2.24) is 0 Å². The van der Waals surface area contributed by atoms with Crippen LogP contribution in [0.3, 0.4) is 0 Å². The first-order chi connectivity index (χ1) is 15.9. The molecule has 0 radical (unpaired) electrons. The van der Waals surface area contributed by atoms with Gasteiger partial charge in [-0.1, -0.05) is 54.6 Å². The number of esters is 1. The number of methoxy groups -OCH3 is 1. The van der Waals surface area contributed by atoms with Crippen molar-refractivity contribution < 1.29 is 90.9 Å². The molecule has 3 aromatic rings. The van der Waals surface area contributed by atoms with E-state index in [4.69, 9.17) is 19.3 Å². The minimum atomic E-state index is -1.02. The Morgan fingerprint density at radius 1 is 0.886 bits per heavy atom. The van der Waals surface area contributed by atoms with Gasteiger partial charge in [-0.05, 0) is 54.0 Å². The van der Waals surface area contributed by atoms with Crippen LogP contribution in [0.25, 0.3) is 6.08 Å². The summed E-state index contributed by atoms with van der Waals surface area (Å²) < 4.78 is 16.1. The molecule has 1 unspecified atom stereocenters. The molecule has 0 spiro atoms. The van der Waals surface area contributed by atoms with Gasteiger partial charge in [0.25, 0.3) is 0 Å². The molecule has 0 aliphatic carbocycles. The van der Waals surface area contributed by atoms with Crippen LogP contribution in [-0.2, 0) is 27.4 Å². The van der Waals surface area contributed by atoms with Crippen LogP contribution in [-0.4, -0.2) is 30.3 Å². The number of carbonyl (C=O) groups excluding carboxylic acids is 1. The van der Waals surface area contributed by atoms with Crippen molar-refractivity contribution >= 4 is 18.0 Å². The largest absolute Gasteiger partial charge is 1.00 e. The summed E-state index contributed by atoms with van der Waals surface area (Å²) in [6, 6.07) is 24.1. The molecule has 0 aliphatic heterocycles. The second-order valence-corrected chi connectivity index (χ2v) is 7.47. The average molecular weight is 494 g/mol. The molecule has 0 fully saturated rings. The molecule has 0 heterocycles. The summed E-state index contributed by atoms with van der Waals surface area (Å²) in [7, 11) is 1.36. The van der Waals surface area contributed by atoms with E-state index in [1.165, 1.54) is 7.11 Å². The van der Waals surface area contributed by atoms with E-state index in [2.05, 4.69) is 0 Å². The molecular formula is C27H28Na2O6. The molecule has 0 aliphatic rings. The number of aliphatic carboxylic acids is 1. The molecule has 0 saturated carbocycles. The third-order valence-corrected chi connectivity index (χ3v) is 4.95. The average Bonchev–Trinajstić information content (AvgIpc) is 2.83. The number of hydrogen-bond donors (Lipinski definition) is 1. The van der Waals surface area contributed by atoms with Crippen molar-refractivity contribution in [2.24, 2.45) is 0 Å². The third-order valence-electron chi connectivity index (χ3n) is 4.95. The predicted octanol–water partition coefficient (Wildman–Crippen LogP) is -0.850. The molecule has 1 N–H and O–H groups in total. The topological polar surface area (TPSA) is 82.1 Å². The fourth-order valence-corrected chi connectivity index (χ4v) is 3.08. The van der Waals surface area contributed by atoms with E-state index in [0.717, 1.165) is 22.4 Å². The van der Waals surface area contributed by atoms with E-state index < -0.39 is 18.0 Å². The molecule has 1 atom stereocenters. The molecule has 6 nitrogen and oxygen atoms in total. The molecule has 0 saturated heterocycles. The maximum Gasteiger partial charge on any atom is 1.00 e. The molecule has 35 heavy (non-hydrogen) atoms. The molecular weight excluding hydrogens is 466 g/mol. The summed E-state index contributed by atoms with van der Waals surface area (Å²) in [5.74, 6) is -0.364. The zero-order valence-corrected chi connectivity index (χ0v) is 24.6. The molecule has 0 bridgehead atoms. The second-order valence-electron chi connectivity index (χ2n) is 7.47. The van der Waals surface area contributed by atoms with Crippen molar-refractivity contribution in [3.8, 4) is 11.5 Å². The number of carboxylic acids is 1. The quantitative estimate of drug-likeness (QED) is 0.171. The first kappa shape index (κ1) is 31.1. The van der Waals surface area contributed by atoms with Crippen LogP contribution in [0.5, 0.6) is 11.5 Å². The van der Waals surface area contributed by atoms with Crippen LogP contribution >= 0.6 is 0 Å². The fourth-order valence-electron chi connectivity index (χ4n) is 3.08. The smallest absolute Gasteiger partial charge is 1.00 e. The van der Waals surface area contributed by atoms with Gasteiger partial charge in [-0.15, -0.1) is 0 Å². The van der Waals surface area contributed by atoms with Crippen molar-refractivity contribution in [3.63, 3.8) is 0 Å². The van der Waals surface area contributed by atoms with E-state index >= 15 is 0 Å².